The maximum absolute atomic E-state index is 2.26. The molecule has 0 amide bonds. The standard InChI is InChI=1S/C33H28/c1-5-13-29(14-6-1)21-25-33(26-22-30-15-7-2-8-16-30,27-23-31-17-9-3-10-18-31)28-24-32-19-11-4-12-20-32/h1-28H. The van der Waals surface area contributed by atoms with E-state index in [1.165, 1.54) is 22.3 Å². The summed E-state index contributed by atoms with van der Waals surface area (Å²) in [6, 6.07) is 41.8. The van der Waals surface area contributed by atoms with Crippen molar-refractivity contribution < 1.29 is 0 Å². The molecule has 0 heteroatoms. The molecule has 0 radical (unpaired) electrons. The Balaban J connectivity index is 1.79. The number of hydrogen-bond acceptors (Lipinski definition) is 0. The summed E-state index contributed by atoms with van der Waals surface area (Å²) in [5.41, 5.74) is 4.30. The average molecular weight is 425 g/mol. The lowest BCUT2D eigenvalue weighted by Crippen LogP contribution is -2.07. The molecule has 4 aromatic carbocycles. The fraction of sp³-hybridized carbons (Fsp3) is 0.0303. The predicted octanol–water partition coefficient (Wildman–Crippen LogP) is 8.83. The average Bonchev–Trinajstić information content (AvgIpc) is 2.90. The quantitative estimate of drug-likeness (QED) is 0.265. The van der Waals surface area contributed by atoms with Crippen LogP contribution in [0, 0.1) is 5.41 Å². The lowest BCUT2D eigenvalue weighted by Gasteiger charge is -2.20. The van der Waals surface area contributed by atoms with Crippen molar-refractivity contribution in [3.63, 3.8) is 0 Å². The van der Waals surface area contributed by atoms with Crippen LogP contribution in [0.2, 0.25) is 0 Å². The smallest absolute Gasteiger partial charge is 0.0436 e. The van der Waals surface area contributed by atoms with Crippen molar-refractivity contribution in [3.8, 4) is 0 Å². The van der Waals surface area contributed by atoms with Crippen molar-refractivity contribution >= 4 is 24.3 Å². The molecule has 0 nitrogen and oxygen atoms in total. The molecule has 160 valence electrons. The molecular formula is C33H28. The lowest BCUT2D eigenvalue weighted by atomic mass is 9.84. The van der Waals surface area contributed by atoms with Gasteiger partial charge in [0.1, 0.15) is 0 Å². The summed E-state index contributed by atoms with van der Waals surface area (Å²) in [6.07, 6.45) is 17.8. The van der Waals surface area contributed by atoms with Crippen molar-refractivity contribution in [3.05, 3.63) is 168 Å². The summed E-state index contributed by atoms with van der Waals surface area (Å²) in [4.78, 5) is 0. The minimum absolute atomic E-state index is 0.405. The molecule has 0 aliphatic carbocycles. The molecule has 0 aromatic heterocycles. The Hall–Kier alpha value is -4.16. The van der Waals surface area contributed by atoms with Crippen LogP contribution >= 0.6 is 0 Å². The minimum atomic E-state index is -0.405. The normalized spacial score (nSPS) is 13.8. The zero-order chi connectivity index (χ0) is 22.6. The molecule has 0 aliphatic heterocycles. The van der Waals surface area contributed by atoms with Gasteiger partial charge in [0.25, 0.3) is 0 Å². The zero-order valence-corrected chi connectivity index (χ0v) is 18.7. The molecule has 0 spiro atoms. The highest BCUT2D eigenvalue weighted by Gasteiger charge is 2.17. The van der Waals surface area contributed by atoms with Gasteiger partial charge in [-0.1, -0.05) is 170 Å². The van der Waals surface area contributed by atoms with E-state index >= 15 is 0 Å². The highest BCUT2D eigenvalue weighted by Crippen LogP contribution is 2.30. The maximum atomic E-state index is 2.26. The van der Waals surface area contributed by atoms with E-state index in [-0.39, 0.29) is 0 Å². The van der Waals surface area contributed by atoms with E-state index in [0.717, 1.165) is 0 Å². The van der Waals surface area contributed by atoms with Gasteiger partial charge in [-0.25, -0.2) is 0 Å². The second-order valence-electron chi connectivity index (χ2n) is 7.98. The van der Waals surface area contributed by atoms with Gasteiger partial charge in [0.15, 0.2) is 0 Å². The Morgan fingerprint density at radius 3 is 0.727 bits per heavy atom. The molecule has 0 heterocycles. The number of benzene rings is 4. The third kappa shape index (κ3) is 6.92. The van der Waals surface area contributed by atoms with E-state index in [0.29, 0.717) is 0 Å². The van der Waals surface area contributed by atoms with Gasteiger partial charge in [-0.05, 0) is 22.3 Å². The first-order valence-electron chi connectivity index (χ1n) is 11.3. The molecule has 0 atom stereocenters. The SMILES string of the molecule is C(=CC(C=Cc1ccccc1)(C=Cc1ccccc1)C=Cc1ccccc1)c1ccccc1. The van der Waals surface area contributed by atoms with E-state index in [1.807, 2.05) is 24.3 Å². The van der Waals surface area contributed by atoms with Gasteiger partial charge in [-0.2, -0.15) is 0 Å². The number of hydrogen-bond donors (Lipinski definition) is 0. The van der Waals surface area contributed by atoms with Gasteiger partial charge in [0.2, 0.25) is 0 Å². The van der Waals surface area contributed by atoms with Crippen LogP contribution in [0.4, 0.5) is 0 Å². The maximum Gasteiger partial charge on any atom is 0.0436 e. The van der Waals surface area contributed by atoms with Crippen molar-refractivity contribution in [2.45, 2.75) is 0 Å². The zero-order valence-electron chi connectivity index (χ0n) is 18.7. The second-order valence-corrected chi connectivity index (χ2v) is 7.98. The van der Waals surface area contributed by atoms with Crippen LogP contribution in [0.1, 0.15) is 22.3 Å². The Kier molecular flexibility index (Phi) is 7.65. The van der Waals surface area contributed by atoms with Crippen molar-refractivity contribution in [2.24, 2.45) is 5.41 Å². The van der Waals surface area contributed by atoms with Crippen LogP contribution in [0.25, 0.3) is 24.3 Å². The van der Waals surface area contributed by atoms with Gasteiger partial charge in [0.05, 0.1) is 0 Å². The number of allylic oxidation sites excluding steroid dienone is 4. The molecule has 0 bridgehead atoms. The van der Waals surface area contributed by atoms with Crippen LogP contribution < -0.4 is 0 Å². The van der Waals surface area contributed by atoms with Crippen LogP contribution in [0.15, 0.2) is 146 Å². The van der Waals surface area contributed by atoms with Gasteiger partial charge < -0.3 is 0 Å². The summed E-state index contributed by atoms with van der Waals surface area (Å²) >= 11 is 0. The van der Waals surface area contributed by atoms with Crippen molar-refractivity contribution in [1.82, 2.24) is 0 Å². The third-order valence-corrected chi connectivity index (χ3v) is 5.46. The van der Waals surface area contributed by atoms with Gasteiger partial charge in [-0.15, -0.1) is 0 Å². The van der Waals surface area contributed by atoms with E-state index in [2.05, 4.69) is 146 Å². The first-order valence-corrected chi connectivity index (χ1v) is 11.3. The van der Waals surface area contributed by atoms with Crippen LogP contribution in [-0.4, -0.2) is 0 Å². The lowest BCUT2D eigenvalue weighted by molar-refractivity contribution is 0.839. The minimum Gasteiger partial charge on any atom is -0.0664 e. The monoisotopic (exact) mass is 424 g/mol. The van der Waals surface area contributed by atoms with Crippen LogP contribution in [0.3, 0.4) is 0 Å². The van der Waals surface area contributed by atoms with Crippen LogP contribution in [-0.2, 0) is 0 Å². The summed E-state index contributed by atoms with van der Waals surface area (Å²) in [6.45, 7) is 0. The molecule has 4 aromatic rings. The molecule has 0 unspecified atom stereocenters. The summed E-state index contributed by atoms with van der Waals surface area (Å²) in [5, 5.41) is 0. The highest BCUT2D eigenvalue weighted by atomic mass is 14.2. The Morgan fingerprint density at radius 2 is 0.515 bits per heavy atom. The Bertz CT molecular complexity index is 1010. The molecule has 0 saturated carbocycles. The van der Waals surface area contributed by atoms with Crippen molar-refractivity contribution in [1.29, 1.82) is 0 Å². The molecule has 0 N–H and O–H groups in total. The molecule has 0 fully saturated rings. The van der Waals surface area contributed by atoms with Gasteiger partial charge >= 0.3 is 0 Å². The van der Waals surface area contributed by atoms with E-state index in [9.17, 15) is 0 Å². The first kappa shape index (κ1) is 22.0. The predicted molar refractivity (Wildman–Crippen MR) is 144 cm³/mol. The molecule has 33 heavy (non-hydrogen) atoms. The topological polar surface area (TPSA) is 0 Å². The molecule has 0 saturated heterocycles. The van der Waals surface area contributed by atoms with Gasteiger partial charge in [0, 0.05) is 5.41 Å². The van der Waals surface area contributed by atoms with Crippen LogP contribution in [0.5, 0.6) is 0 Å². The summed E-state index contributed by atoms with van der Waals surface area (Å²) < 4.78 is 0. The van der Waals surface area contributed by atoms with Crippen molar-refractivity contribution in [2.75, 3.05) is 0 Å². The fourth-order valence-electron chi connectivity index (χ4n) is 3.55. The second kappa shape index (κ2) is 11.5. The van der Waals surface area contributed by atoms with E-state index < -0.39 is 5.41 Å². The number of rotatable bonds is 8. The fourth-order valence-corrected chi connectivity index (χ4v) is 3.55. The molecule has 4 rings (SSSR count). The summed E-state index contributed by atoms with van der Waals surface area (Å²) in [5.74, 6) is 0. The Morgan fingerprint density at radius 1 is 0.303 bits per heavy atom. The summed E-state index contributed by atoms with van der Waals surface area (Å²) in [7, 11) is 0. The largest absolute Gasteiger partial charge is 0.0664 e. The highest BCUT2D eigenvalue weighted by molar-refractivity contribution is 5.63. The molecule has 0 aliphatic rings. The Labute approximate surface area is 197 Å². The first-order chi connectivity index (χ1) is 16.3. The van der Waals surface area contributed by atoms with E-state index in [4.69, 9.17) is 0 Å². The van der Waals surface area contributed by atoms with E-state index in [1.54, 1.807) is 0 Å². The molecular weight excluding hydrogens is 396 g/mol. The van der Waals surface area contributed by atoms with Gasteiger partial charge in [-0.3, -0.25) is 0 Å². The third-order valence-electron chi connectivity index (χ3n) is 5.46.